The van der Waals surface area contributed by atoms with Crippen LogP contribution in [0.1, 0.15) is 25.0 Å². The fraction of sp³-hybridized carbons (Fsp3) is 0.357. The molecule has 0 atom stereocenters. The van der Waals surface area contributed by atoms with Gasteiger partial charge in [-0.15, -0.1) is 11.3 Å². The highest BCUT2D eigenvalue weighted by molar-refractivity contribution is 7.15. The van der Waals surface area contributed by atoms with Gasteiger partial charge in [-0.05, 0) is 25.3 Å². The Balaban J connectivity index is 1.83. The zero-order valence-corrected chi connectivity index (χ0v) is 13.0. The molecule has 0 saturated heterocycles. The number of imidazole rings is 1. The number of amides is 1. The van der Waals surface area contributed by atoms with E-state index in [9.17, 15) is 10.1 Å². The molecule has 0 N–H and O–H groups in total. The van der Waals surface area contributed by atoms with Crippen LogP contribution in [-0.4, -0.2) is 32.8 Å². The Kier molecular flexibility index (Phi) is 3.47. The number of nitriles is 1. The first-order valence-corrected chi connectivity index (χ1v) is 7.81. The highest BCUT2D eigenvalue weighted by Gasteiger charge is 2.42. The molecule has 2 aromatic rings. The predicted octanol–water partition coefficient (Wildman–Crippen LogP) is 2.97. The van der Waals surface area contributed by atoms with Crippen LogP contribution in [0.5, 0.6) is 0 Å². The average Bonchev–Trinajstić information content (AvgIpc) is 2.96. The number of fused-ring (bicyclic) bond motifs is 1. The Bertz CT molecular complexity index is 766. The van der Waals surface area contributed by atoms with Gasteiger partial charge in [0.2, 0.25) is 5.91 Å². The lowest BCUT2D eigenvalue weighted by atomic mass is 9.76. The lowest BCUT2D eigenvalue weighted by Gasteiger charge is -2.42. The Morgan fingerprint density at radius 2 is 2.43 bits per heavy atom. The number of nitrogens with zero attached hydrogens (tertiary/aromatic N) is 4. The van der Waals surface area contributed by atoms with Crippen molar-refractivity contribution in [2.45, 2.75) is 24.8 Å². The topological polar surface area (TPSA) is 61.4 Å². The molecule has 0 bridgehead atoms. The molecule has 1 fully saturated rings. The second kappa shape index (κ2) is 5.17. The van der Waals surface area contributed by atoms with Gasteiger partial charge in [-0.2, -0.15) is 5.26 Å². The van der Waals surface area contributed by atoms with E-state index in [0.29, 0.717) is 10.8 Å². The second-order valence-corrected chi connectivity index (χ2v) is 6.30. The molecular weight excluding hydrogens is 308 g/mol. The van der Waals surface area contributed by atoms with Gasteiger partial charge in [-0.25, -0.2) is 4.98 Å². The van der Waals surface area contributed by atoms with E-state index >= 15 is 0 Å². The third kappa shape index (κ3) is 2.23. The lowest BCUT2D eigenvalue weighted by Crippen LogP contribution is -2.52. The summed E-state index contributed by atoms with van der Waals surface area (Å²) in [5.74, 6) is -0.197. The number of aromatic nitrogens is 2. The monoisotopic (exact) mass is 320 g/mol. The van der Waals surface area contributed by atoms with Crippen molar-refractivity contribution in [2.24, 2.45) is 0 Å². The highest BCUT2D eigenvalue weighted by atomic mass is 35.5. The molecule has 0 aromatic carbocycles. The molecule has 7 heteroatoms. The summed E-state index contributed by atoms with van der Waals surface area (Å²) >= 11 is 7.55. The Morgan fingerprint density at radius 1 is 1.67 bits per heavy atom. The third-order valence-electron chi connectivity index (χ3n) is 4.00. The molecule has 2 heterocycles. The summed E-state index contributed by atoms with van der Waals surface area (Å²) < 4.78 is 1.83. The van der Waals surface area contributed by atoms with Gasteiger partial charge in [-0.3, -0.25) is 9.20 Å². The minimum atomic E-state index is -0.639. The van der Waals surface area contributed by atoms with E-state index in [2.05, 4.69) is 11.1 Å². The number of hydrogen-bond donors (Lipinski definition) is 0. The lowest BCUT2D eigenvalue weighted by molar-refractivity contribution is -0.130. The van der Waals surface area contributed by atoms with Crippen molar-refractivity contribution in [3.63, 3.8) is 0 Å². The summed E-state index contributed by atoms with van der Waals surface area (Å²) in [6.07, 6.45) is 7.42. The minimum absolute atomic E-state index is 0.197. The van der Waals surface area contributed by atoms with Crippen LogP contribution >= 0.6 is 22.9 Å². The van der Waals surface area contributed by atoms with Crippen LogP contribution in [0.4, 0.5) is 0 Å². The van der Waals surface area contributed by atoms with Crippen LogP contribution in [-0.2, 0) is 4.79 Å². The molecule has 2 aromatic heterocycles. The fourth-order valence-corrected chi connectivity index (χ4v) is 3.44. The number of likely N-dealkylation sites (N-methyl/N-ethyl adjacent to an activating group) is 1. The molecule has 1 amide bonds. The summed E-state index contributed by atoms with van der Waals surface area (Å²) in [6, 6.07) is 2.25. The van der Waals surface area contributed by atoms with Crippen molar-refractivity contribution in [2.75, 3.05) is 7.05 Å². The van der Waals surface area contributed by atoms with Crippen molar-refractivity contribution in [1.29, 1.82) is 5.26 Å². The number of thiazole rings is 1. The van der Waals surface area contributed by atoms with Gasteiger partial charge in [0.15, 0.2) is 10.1 Å². The number of halogens is 1. The van der Waals surface area contributed by atoms with Gasteiger partial charge in [0, 0.05) is 24.7 Å². The van der Waals surface area contributed by atoms with E-state index in [1.807, 2.05) is 16.0 Å². The van der Waals surface area contributed by atoms with E-state index in [-0.39, 0.29) is 5.91 Å². The molecule has 3 rings (SSSR count). The molecule has 1 aliphatic rings. The average molecular weight is 321 g/mol. The first-order valence-electron chi connectivity index (χ1n) is 6.55. The summed E-state index contributed by atoms with van der Waals surface area (Å²) in [7, 11) is 1.67. The molecule has 0 radical (unpaired) electrons. The quantitative estimate of drug-likeness (QED) is 0.817. The summed E-state index contributed by atoms with van der Waals surface area (Å²) in [5.41, 5.74) is 0.0367. The van der Waals surface area contributed by atoms with Gasteiger partial charge in [-0.1, -0.05) is 11.6 Å². The van der Waals surface area contributed by atoms with Crippen LogP contribution < -0.4 is 0 Å². The SMILES string of the molecule is CN(C(=O)/C=C/c1c(Cl)nc2sccn12)C1(C#N)CCC1. The molecule has 108 valence electrons. The maximum atomic E-state index is 12.2. The first kappa shape index (κ1) is 14.1. The molecule has 1 aliphatic carbocycles. The second-order valence-electron chi connectivity index (χ2n) is 5.07. The van der Waals surface area contributed by atoms with Gasteiger partial charge in [0.25, 0.3) is 0 Å². The van der Waals surface area contributed by atoms with Crippen molar-refractivity contribution in [3.05, 3.63) is 28.5 Å². The smallest absolute Gasteiger partial charge is 0.247 e. The van der Waals surface area contributed by atoms with E-state index in [0.717, 1.165) is 24.2 Å². The maximum absolute atomic E-state index is 12.2. The molecule has 0 aliphatic heterocycles. The van der Waals surface area contributed by atoms with Crippen LogP contribution in [0.3, 0.4) is 0 Å². The minimum Gasteiger partial charge on any atom is -0.323 e. The summed E-state index contributed by atoms with van der Waals surface area (Å²) in [6.45, 7) is 0. The molecule has 1 saturated carbocycles. The molecule has 0 unspecified atom stereocenters. The number of hydrogen-bond acceptors (Lipinski definition) is 4. The van der Waals surface area contributed by atoms with Crippen molar-refractivity contribution < 1.29 is 4.79 Å². The van der Waals surface area contributed by atoms with Crippen LogP contribution in [0.25, 0.3) is 11.0 Å². The highest BCUT2D eigenvalue weighted by Crippen LogP contribution is 2.36. The van der Waals surface area contributed by atoms with Gasteiger partial charge >= 0.3 is 0 Å². The van der Waals surface area contributed by atoms with E-state index in [4.69, 9.17) is 11.6 Å². The Labute approximate surface area is 131 Å². The zero-order valence-electron chi connectivity index (χ0n) is 11.4. The van der Waals surface area contributed by atoms with Crippen molar-refractivity contribution in [3.8, 4) is 6.07 Å². The maximum Gasteiger partial charge on any atom is 0.247 e. The number of carbonyl (C=O) groups is 1. The zero-order chi connectivity index (χ0) is 15.0. The van der Waals surface area contributed by atoms with Gasteiger partial charge < -0.3 is 4.90 Å². The van der Waals surface area contributed by atoms with Gasteiger partial charge in [0.05, 0.1) is 11.8 Å². The van der Waals surface area contributed by atoms with E-state index < -0.39 is 5.54 Å². The van der Waals surface area contributed by atoms with E-state index in [1.54, 1.807) is 13.1 Å². The van der Waals surface area contributed by atoms with Crippen LogP contribution in [0.15, 0.2) is 17.7 Å². The summed E-state index contributed by atoms with van der Waals surface area (Å²) in [4.78, 5) is 18.8. The van der Waals surface area contributed by atoms with E-state index in [1.165, 1.54) is 22.3 Å². The third-order valence-corrected chi connectivity index (χ3v) is 5.03. The van der Waals surface area contributed by atoms with Crippen LogP contribution in [0.2, 0.25) is 5.15 Å². The number of carbonyl (C=O) groups excluding carboxylic acids is 1. The number of rotatable bonds is 3. The standard InChI is InChI=1S/C14H13ClN4OS/c1-18(14(9-16)5-2-6-14)11(20)4-3-10-12(15)17-13-19(10)7-8-21-13/h3-4,7-8H,2,5-6H2,1H3/b4-3+. The van der Waals surface area contributed by atoms with Crippen molar-refractivity contribution >= 4 is 39.9 Å². The largest absolute Gasteiger partial charge is 0.323 e. The molecular formula is C14H13ClN4OS. The van der Waals surface area contributed by atoms with Crippen molar-refractivity contribution in [1.82, 2.24) is 14.3 Å². The molecule has 21 heavy (non-hydrogen) atoms. The predicted molar refractivity (Wildman–Crippen MR) is 82.1 cm³/mol. The van der Waals surface area contributed by atoms with Crippen LogP contribution in [0, 0.1) is 11.3 Å². The molecule has 0 spiro atoms. The summed E-state index contributed by atoms with van der Waals surface area (Å²) in [5, 5.41) is 11.5. The Hall–Kier alpha value is -1.84. The Morgan fingerprint density at radius 3 is 3.05 bits per heavy atom. The molecule has 5 nitrogen and oxygen atoms in total. The first-order chi connectivity index (χ1) is 10.1. The normalized spacial score (nSPS) is 16.8. The van der Waals surface area contributed by atoms with Gasteiger partial charge in [0.1, 0.15) is 5.54 Å². The fourth-order valence-electron chi connectivity index (χ4n) is 2.43.